The third kappa shape index (κ3) is 1.41. The van der Waals surface area contributed by atoms with Gasteiger partial charge in [-0.1, -0.05) is 6.07 Å². The molecule has 0 atom stereocenters. The second-order valence-corrected chi connectivity index (χ2v) is 3.58. The van der Waals surface area contributed by atoms with Gasteiger partial charge >= 0.3 is 0 Å². The van der Waals surface area contributed by atoms with E-state index in [4.69, 9.17) is 0 Å². The fraction of sp³-hybridized carbons (Fsp3) is 0.125. The predicted molar refractivity (Wildman–Crippen MR) is 51.9 cm³/mol. The number of aromatic nitrogens is 4. The Hall–Kier alpha value is -1.30. The van der Waals surface area contributed by atoms with Gasteiger partial charge < -0.3 is 0 Å². The first-order chi connectivity index (χ1) is 6.70. The number of nitrogens with zero attached hydrogens (tertiary/aromatic N) is 4. The zero-order valence-electron chi connectivity index (χ0n) is 7.28. The molecular formula is C8H6BrFN4. The van der Waals surface area contributed by atoms with Crippen LogP contribution in [0.15, 0.2) is 22.7 Å². The van der Waals surface area contributed by atoms with Gasteiger partial charge in [0.1, 0.15) is 5.82 Å². The van der Waals surface area contributed by atoms with Crippen LogP contribution in [0.3, 0.4) is 0 Å². The van der Waals surface area contributed by atoms with Gasteiger partial charge in [0.15, 0.2) is 5.82 Å². The highest BCUT2D eigenvalue weighted by atomic mass is 79.9. The summed E-state index contributed by atoms with van der Waals surface area (Å²) in [6.45, 7) is 0. The van der Waals surface area contributed by atoms with Gasteiger partial charge in [-0.05, 0) is 38.5 Å². The normalized spacial score (nSPS) is 10.5. The molecule has 0 amide bonds. The highest BCUT2D eigenvalue weighted by Gasteiger charge is 2.14. The highest BCUT2D eigenvalue weighted by Crippen LogP contribution is 2.28. The summed E-state index contributed by atoms with van der Waals surface area (Å²) in [5, 5.41) is 10.8. The number of benzene rings is 1. The average Bonchev–Trinajstić information content (AvgIpc) is 2.52. The van der Waals surface area contributed by atoms with Gasteiger partial charge in [-0.2, -0.15) is 0 Å². The molecule has 0 fully saturated rings. The SMILES string of the molecule is Cn1nnnc1-c1c(F)cccc1Br. The molecule has 0 N–H and O–H groups in total. The summed E-state index contributed by atoms with van der Waals surface area (Å²) < 4.78 is 15.5. The van der Waals surface area contributed by atoms with Crippen LogP contribution in [0.5, 0.6) is 0 Å². The zero-order valence-corrected chi connectivity index (χ0v) is 8.86. The molecule has 1 aromatic carbocycles. The smallest absolute Gasteiger partial charge is 0.185 e. The van der Waals surface area contributed by atoms with Crippen LogP contribution in [0.1, 0.15) is 0 Å². The Kier molecular flexibility index (Phi) is 2.28. The second-order valence-electron chi connectivity index (χ2n) is 2.72. The lowest BCUT2D eigenvalue weighted by Gasteiger charge is -2.02. The summed E-state index contributed by atoms with van der Waals surface area (Å²) in [6.07, 6.45) is 0. The van der Waals surface area contributed by atoms with Crippen LogP contribution in [0.4, 0.5) is 4.39 Å². The van der Waals surface area contributed by atoms with Crippen molar-refractivity contribution in [3.63, 3.8) is 0 Å². The fourth-order valence-corrected chi connectivity index (χ4v) is 1.67. The Labute approximate surface area is 87.9 Å². The standard InChI is InChI=1S/C8H6BrFN4/c1-14-8(11-12-13-14)7-5(9)3-2-4-6(7)10/h2-4H,1H3. The van der Waals surface area contributed by atoms with Crippen LogP contribution in [0.2, 0.25) is 0 Å². The van der Waals surface area contributed by atoms with Crippen molar-refractivity contribution in [3.8, 4) is 11.4 Å². The van der Waals surface area contributed by atoms with E-state index in [2.05, 4.69) is 31.5 Å². The number of hydrogen-bond acceptors (Lipinski definition) is 3. The molecule has 1 heterocycles. The van der Waals surface area contributed by atoms with E-state index in [1.54, 1.807) is 19.2 Å². The van der Waals surface area contributed by atoms with Gasteiger partial charge in [0.2, 0.25) is 0 Å². The van der Waals surface area contributed by atoms with Crippen LogP contribution < -0.4 is 0 Å². The number of aryl methyl sites for hydroxylation is 1. The maximum Gasteiger partial charge on any atom is 0.185 e. The Bertz CT molecular complexity index is 448. The van der Waals surface area contributed by atoms with Gasteiger partial charge in [0, 0.05) is 11.5 Å². The van der Waals surface area contributed by atoms with Gasteiger partial charge in [-0.25, -0.2) is 9.07 Å². The largest absolute Gasteiger partial charge is 0.228 e. The quantitative estimate of drug-likeness (QED) is 0.782. The summed E-state index contributed by atoms with van der Waals surface area (Å²) in [7, 11) is 1.66. The first-order valence-electron chi connectivity index (χ1n) is 3.87. The van der Waals surface area contributed by atoms with Crippen molar-refractivity contribution in [1.29, 1.82) is 0 Å². The Balaban J connectivity index is 2.68. The van der Waals surface area contributed by atoms with Crippen molar-refractivity contribution >= 4 is 15.9 Å². The first kappa shape index (κ1) is 9.26. The van der Waals surface area contributed by atoms with E-state index >= 15 is 0 Å². The second kappa shape index (κ2) is 3.45. The summed E-state index contributed by atoms with van der Waals surface area (Å²) in [5.74, 6) is 0.0484. The summed E-state index contributed by atoms with van der Waals surface area (Å²) >= 11 is 3.25. The van der Waals surface area contributed by atoms with Crippen LogP contribution in [0, 0.1) is 5.82 Å². The number of halogens is 2. The third-order valence-electron chi connectivity index (χ3n) is 1.81. The third-order valence-corrected chi connectivity index (χ3v) is 2.47. The molecule has 14 heavy (non-hydrogen) atoms. The number of rotatable bonds is 1. The summed E-state index contributed by atoms with van der Waals surface area (Å²) in [6, 6.07) is 4.73. The molecule has 0 aliphatic heterocycles. The molecule has 1 aromatic heterocycles. The Morgan fingerprint density at radius 3 is 2.79 bits per heavy atom. The molecule has 6 heteroatoms. The van der Waals surface area contributed by atoms with Crippen LogP contribution in [-0.2, 0) is 7.05 Å². The van der Waals surface area contributed by atoms with Gasteiger partial charge in [0.25, 0.3) is 0 Å². The van der Waals surface area contributed by atoms with Gasteiger partial charge in [-0.15, -0.1) is 5.10 Å². The molecule has 0 radical (unpaired) electrons. The molecule has 0 bridgehead atoms. The maximum absolute atomic E-state index is 13.5. The molecule has 0 spiro atoms. The van der Waals surface area contributed by atoms with Crippen molar-refractivity contribution in [2.24, 2.45) is 7.05 Å². The zero-order chi connectivity index (χ0) is 10.1. The molecular weight excluding hydrogens is 251 g/mol. The first-order valence-corrected chi connectivity index (χ1v) is 4.66. The minimum absolute atomic E-state index is 0.350. The lowest BCUT2D eigenvalue weighted by atomic mass is 10.2. The average molecular weight is 257 g/mol. The van der Waals surface area contributed by atoms with Crippen molar-refractivity contribution in [1.82, 2.24) is 20.2 Å². The molecule has 0 aliphatic rings. The molecule has 0 aliphatic carbocycles. The van der Waals surface area contributed by atoms with E-state index in [1.165, 1.54) is 10.7 Å². The predicted octanol–water partition coefficient (Wildman–Crippen LogP) is 1.78. The molecule has 0 saturated heterocycles. The number of hydrogen-bond donors (Lipinski definition) is 0. The molecule has 4 nitrogen and oxygen atoms in total. The van der Waals surface area contributed by atoms with E-state index in [1.807, 2.05) is 0 Å². The maximum atomic E-state index is 13.5. The van der Waals surface area contributed by atoms with E-state index in [9.17, 15) is 4.39 Å². The topological polar surface area (TPSA) is 43.6 Å². The molecule has 0 saturated carbocycles. The van der Waals surface area contributed by atoms with E-state index in [0.717, 1.165) is 0 Å². The molecule has 2 rings (SSSR count). The van der Waals surface area contributed by atoms with Crippen LogP contribution in [0.25, 0.3) is 11.4 Å². The summed E-state index contributed by atoms with van der Waals surface area (Å²) in [4.78, 5) is 0. The molecule has 2 aromatic rings. The molecule has 0 unspecified atom stereocenters. The van der Waals surface area contributed by atoms with Crippen LogP contribution in [-0.4, -0.2) is 20.2 Å². The van der Waals surface area contributed by atoms with Crippen molar-refractivity contribution in [3.05, 3.63) is 28.5 Å². The number of tetrazole rings is 1. The van der Waals surface area contributed by atoms with Gasteiger partial charge in [0.05, 0.1) is 5.56 Å². The monoisotopic (exact) mass is 256 g/mol. The fourth-order valence-electron chi connectivity index (χ4n) is 1.15. The van der Waals surface area contributed by atoms with Gasteiger partial charge in [-0.3, -0.25) is 0 Å². The Morgan fingerprint density at radius 2 is 2.21 bits per heavy atom. The van der Waals surface area contributed by atoms with Crippen LogP contribution >= 0.6 is 15.9 Å². The Morgan fingerprint density at radius 1 is 1.43 bits per heavy atom. The minimum Gasteiger partial charge on any atom is -0.228 e. The van der Waals surface area contributed by atoms with E-state index in [0.29, 0.717) is 15.9 Å². The summed E-state index contributed by atoms with van der Waals surface area (Å²) in [5.41, 5.74) is 0.375. The van der Waals surface area contributed by atoms with E-state index < -0.39 is 0 Å². The lowest BCUT2D eigenvalue weighted by Crippen LogP contribution is -1.97. The molecule has 72 valence electrons. The highest BCUT2D eigenvalue weighted by molar-refractivity contribution is 9.10. The van der Waals surface area contributed by atoms with E-state index in [-0.39, 0.29) is 5.82 Å². The van der Waals surface area contributed by atoms with Crippen molar-refractivity contribution in [2.45, 2.75) is 0 Å². The van der Waals surface area contributed by atoms with Crippen molar-refractivity contribution in [2.75, 3.05) is 0 Å². The lowest BCUT2D eigenvalue weighted by molar-refractivity contribution is 0.626. The van der Waals surface area contributed by atoms with Crippen molar-refractivity contribution < 1.29 is 4.39 Å². The minimum atomic E-state index is -0.350.